The standard InChI is InChI=1S/C25H21N3O6/c1-2-32-21-10-11-23-19(13-21)14-24(34-23)25(29)27-26-15-18-7-3-4-9-22(18)33-16-17-6-5-8-20(12-17)28(30)31/h3-15H,2,16H2,1H3,(H,27,29)/b26-15+. The van der Waals surface area contributed by atoms with Crippen molar-refractivity contribution < 1.29 is 23.6 Å². The zero-order valence-electron chi connectivity index (χ0n) is 18.3. The number of nitro groups is 1. The van der Waals surface area contributed by atoms with Crippen molar-refractivity contribution in [1.82, 2.24) is 5.43 Å². The van der Waals surface area contributed by atoms with Crippen molar-refractivity contribution >= 4 is 28.8 Å². The first-order valence-corrected chi connectivity index (χ1v) is 10.5. The van der Waals surface area contributed by atoms with Crippen LogP contribution in [-0.2, 0) is 6.61 Å². The number of nitrogens with one attached hydrogen (secondary N) is 1. The zero-order chi connectivity index (χ0) is 23.9. The summed E-state index contributed by atoms with van der Waals surface area (Å²) in [5.74, 6) is 0.832. The van der Waals surface area contributed by atoms with Crippen molar-refractivity contribution in [2.75, 3.05) is 6.61 Å². The Bertz CT molecular complexity index is 1360. The van der Waals surface area contributed by atoms with Crippen LogP contribution < -0.4 is 14.9 Å². The highest BCUT2D eigenvalue weighted by Gasteiger charge is 2.12. The molecule has 0 bridgehead atoms. The Hall–Kier alpha value is -4.66. The van der Waals surface area contributed by atoms with Crippen LogP contribution in [0, 0.1) is 10.1 Å². The maximum Gasteiger partial charge on any atom is 0.307 e. The topological polar surface area (TPSA) is 116 Å². The van der Waals surface area contributed by atoms with Crippen molar-refractivity contribution in [3.05, 3.63) is 99.8 Å². The lowest BCUT2D eigenvalue weighted by Gasteiger charge is -2.09. The minimum absolute atomic E-state index is 0.00152. The second-order valence-electron chi connectivity index (χ2n) is 7.20. The predicted octanol–water partition coefficient (Wildman–Crippen LogP) is 5.08. The lowest BCUT2D eigenvalue weighted by atomic mass is 10.2. The highest BCUT2D eigenvalue weighted by molar-refractivity contribution is 5.97. The highest BCUT2D eigenvalue weighted by Crippen LogP contribution is 2.24. The van der Waals surface area contributed by atoms with E-state index in [-0.39, 0.29) is 18.1 Å². The first kappa shape index (κ1) is 22.5. The van der Waals surface area contributed by atoms with E-state index in [0.717, 1.165) is 5.39 Å². The molecule has 0 saturated heterocycles. The number of hydrazone groups is 1. The second-order valence-corrected chi connectivity index (χ2v) is 7.20. The molecular formula is C25H21N3O6. The fourth-order valence-corrected chi connectivity index (χ4v) is 3.24. The summed E-state index contributed by atoms with van der Waals surface area (Å²) in [5.41, 5.74) is 4.29. The van der Waals surface area contributed by atoms with Crippen LogP contribution in [0.15, 0.2) is 82.3 Å². The molecule has 9 nitrogen and oxygen atoms in total. The molecule has 3 aromatic carbocycles. The Morgan fingerprint density at radius 2 is 1.94 bits per heavy atom. The number of rotatable bonds is 9. The van der Waals surface area contributed by atoms with Crippen molar-refractivity contribution in [2.24, 2.45) is 5.10 Å². The molecule has 0 saturated carbocycles. The molecule has 4 aromatic rings. The molecule has 4 rings (SSSR count). The fraction of sp³-hybridized carbons (Fsp3) is 0.120. The van der Waals surface area contributed by atoms with E-state index in [2.05, 4.69) is 10.5 Å². The normalized spacial score (nSPS) is 11.0. The number of hydrogen-bond donors (Lipinski definition) is 1. The summed E-state index contributed by atoms with van der Waals surface area (Å²) in [7, 11) is 0. The number of non-ortho nitro benzene ring substituents is 1. The Balaban J connectivity index is 1.41. The van der Waals surface area contributed by atoms with Crippen LogP contribution in [-0.4, -0.2) is 23.7 Å². The third-order valence-corrected chi connectivity index (χ3v) is 4.83. The number of furan rings is 1. The fourth-order valence-electron chi connectivity index (χ4n) is 3.24. The monoisotopic (exact) mass is 459 g/mol. The Morgan fingerprint density at radius 3 is 2.76 bits per heavy atom. The van der Waals surface area contributed by atoms with E-state index in [4.69, 9.17) is 13.9 Å². The van der Waals surface area contributed by atoms with Gasteiger partial charge in [-0.25, -0.2) is 5.43 Å². The van der Waals surface area contributed by atoms with Crippen LogP contribution in [0.5, 0.6) is 11.5 Å². The van der Waals surface area contributed by atoms with Crippen molar-refractivity contribution in [2.45, 2.75) is 13.5 Å². The van der Waals surface area contributed by atoms with E-state index in [9.17, 15) is 14.9 Å². The maximum absolute atomic E-state index is 12.5. The lowest BCUT2D eigenvalue weighted by Crippen LogP contribution is -2.16. The molecule has 0 aliphatic rings. The van der Waals surface area contributed by atoms with E-state index in [1.54, 1.807) is 60.7 Å². The van der Waals surface area contributed by atoms with Crippen molar-refractivity contribution in [1.29, 1.82) is 0 Å². The SMILES string of the molecule is CCOc1ccc2oc(C(=O)N/N=C/c3ccccc3OCc3cccc([N+](=O)[O-])c3)cc2c1. The first-order valence-electron chi connectivity index (χ1n) is 10.5. The Kier molecular flexibility index (Phi) is 6.83. The van der Waals surface area contributed by atoms with Crippen LogP contribution in [0.4, 0.5) is 5.69 Å². The number of para-hydroxylation sites is 1. The van der Waals surface area contributed by atoms with Gasteiger partial charge in [0.25, 0.3) is 5.69 Å². The van der Waals surface area contributed by atoms with E-state index < -0.39 is 10.8 Å². The van der Waals surface area contributed by atoms with Gasteiger partial charge < -0.3 is 13.9 Å². The predicted molar refractivity (Wildman–Crippen MR) is 126 cm³/mol. The summed E-state index contributed by atoms with van der Waals surface area (Å²) in [5, 5.41) is 15.7. The first-order chi connectivity index (χ1) is 16.5. The molecule has 0 aliphatic carbocycles. The second kappa shape index (κ2) is 10.3. The third-order valence-electron chi connectivity index (χ3n) is 4.83. The minimum Gasteiger partial charge on any atom is -0.494 e. The number of nitro benzene ring substituents is 1. The van der Waals surface area contributed by atoms with Crippen LogP contribution in [0.25, 0.3) is 11.0 Å². The minimum atomic E-state index is -0.500. The number of carbonyl (C=O) groups is 1. The molecule has 0 atom stereocenters. The van der Waals surface area contributed by atoms with Gasteiger partial charge in [-0.1, -0.05) is 24.3 Å². The highest BCUT2D eigenvalue weighted by atomic mass is 16.6. The van der Waals surface area contributed by atoms with E-state index in [0.29, 0.717) is 34.8 Å². The molecule has 0 radical (unpaired) electrons. The number of ether oxygens (including phenoxy) is 2. The largest absolute Gasteiger partial charge is 0.494 e. The molecule has 1 aromatic heterocycles. The summed E-state index contributed by atoms with van der Waals surface area (Å²) < 4.78 is 16.9. The molecule has 1 amide bonds. The summed E-state index contributed by atoms with van der Waals surface area (Å²) in [6, 6.07) is 20.3. The molecule has 0 fully saturated rings. The summed E-state index contributed by atoms with van der Waals surface area (Å²) in [6.07, 6.45) is 1.45. The number of benzene rings is 3. The van der Waals surface area contributed by atoms with Gasteiger partial charge >= 0.3 is 5.91 Å². The van der Waals surface area contributed by atoms with E-state index >= 15 is 0 Å². The van der Waals surface area contributed by atoms with Crippen LogP contribution in [0.2, 0.25) is 0 Å². The number of fused-ring (bicyclic) bond motifs is 1. The van der Waals surface area contributed by atoms with Gasteiger partial charge in [0, 0.05) is 23.1 Å². The van der Waals surface area contributed by atoms with Crippen molar-refractivity contribution in [3.63, 3.8) is 0 Å². The van der Waals surface area contributed by atoms with Gasteiger partial charge in [-0.05, 0) is 48.9 Å². The van der Waals surface area contributed by atoms with Gasteiger partial charge in [-0.15, -0.1) is 0 Å². The van der Waals surface area contributed by atoms with Gasteiger partial charge in [-0.3, -0.25) is 14.9 Å². The van der Waals surface area contributed by atoms with Gasteiger partial charge in [-0.2, -0.15) is 5.10 Å². The number of amides is 1. The van der Waals surface area contributed by atoms with Crippen LogP contribution >= 0.6 is 0 Å². The maximum atomic E-state index is 12.5. The average molecular weight is 459 g/mol. The van der Waals surface area contributed by atoms with Gasteiger partial charge in [0.05, 0.1) is 17.7 Å². The van der Waals surface area contributed by atoms with Crippen molar-refractivity contribution in [3.8, 4) is 11.5 Å². The molecule has 0 aliphatic heterocycles. The number of nitrogens with zero attached hydrogens (tertiary/aromatic N) is 2. The molecule has 1 heterocycles. The van der Waals surface area contributed by atoms with E-state index in [1.807, 2.05) is 6.92 Å². The van der Waals surface area contributed by atoms with Gasteiger partial charge in [0.15, 0.2) is 5.76 Å². The Morgan fingerprint density at radius 1 is 1.09 bits per heavy atom. The third kappa shape index (κ3) is 5.39. The number of carbonyl (C=O) groups excluding carboxylic acids is 1. The number of hydrogen-bond acceptors (Lipinski definition) is 7. The molecule has 0 unspecified atom stereocenters. The zero-order valence-corrected chi connectivity index (χ0v) is 18.3. The molecule has 1 N–H and O–H groups in total. The van der Waals surface area contributed by atoms with Crippen LogP contribution in [0.3, 0.4) is 0 Å². The van der Waals surface area contributed by atoms with Gasteiger partial charge in [0.2, 0.25) is 0 Å². The summed E-state index contributed by atoms with van der Waals surface area (Å²) in [4.78, 5) is 23.0. The molecule has 34 heavy (non-hydrogen) atoms. The molecular weight excluding hydrogens is 438 g/mol. The van der Waals surface area contributed by atoms with E-state index in [1.165, 1.54) is 18.3 Å². The molecule has 172 valence electrons. The molecule has 9 heteroatoms. The Labute approximate surface area is 194 Å². The lowest BCUT2D eigenvalue weighted by molar-refractivity contribution is -0.384. The summed E-state index contributed by atoms with van der Waals surface area (Å²) in [6.45, 7) is 2.58. The molecule has 0 spiro atoms. The summed E-state index contributed by atoms with van der Waals surface area (Å²) >= 11 is 0. The smallest absolute Gasteiger partial charge is 0.307 e. The van der Waals surface area contributed by atoms with Gasteiger partial charge in [0.1, 0.15) is 23.7 Å². The average Bonchev–Trinajstić information content (AvgIpc) is 3.27. The quantitative estimate of drug-likeness (QED) is 0.212. The van der Waals surface area contributed by atoms with Crippen LogP contribution in [0.1, 0.15) is 28.6 Å².